The minimum absolute atomic E-state index is 0.158. The van der Waals surface area contributed by atoms with Gasteiger partial charge in [0.2, 0.25) is 0 Å². The smallest absolute Gasteiger partial charge is 0.124 e. The van der Waals surface area contributed by atoms with Crippen LogP contribution in [0.2, 0.25) is 5.02 Å². The lowest BCUT2D eigenvalue weighted by Crippen LogP contribution is -2.32. The summed E-state index contributed by atoms with van der Waals surface area (Å²) in [6.45, 7) is 7.22. The molecule has 1 N–H and O–H groups in total. The number of rotatable bonds is 7. The molecule has 1 aromatic rings. The zero-order valence-electron chi connectivity index (χ0n) is 13.0. The molecular formula is C17H26ClNO2. The summed E-state index contributed by atoms with van der Waals surface area (Å²) in [6, 6.07) is 6.01. The van der Waals surface area contributed by atoms with Crippen LogP contribution in [0.1, 0.15) is 44.7 Å². The standard InChI is InChI=1S/C17H26ClNO2/c1-3-10-21-16-7-6-14(18)11-15(16)17(13(2)12-20)19-8-4-5-9-19/h6-7,11,13,17,20H,3-5,8-10,12H2,1-2H3. The molecule has 0 amide bonds. The molecule has 21 heavy (non-hydrogen) atoms. The predicted octanol–water partition coefficient (Wildman–Crippen LogP) is 3.89. The van der Waals surface area contributed by atoms with Crippen molar-refractivity contribution in [1.82, 2.24) is 4.90 Å². The normalized spacial score (nSPS) is 18.7. The molecule has 0 aliphatic carbocycles. The van der Waals surface area contributed by atoms with E-state index in [2.05, 4.69) is 18.7 Å². The van der Waals surface area contributed by atoms with E-state index in [1.54, 1.807) is 0 Å². The third-order valence-corrected chi connectivity index (χ3v) is 4.35. The Bertz CT molecular complexity index is 446. The Labute approximate surface area is 132 Å². The molecule has 2 rings (SSSR count). The van der Waals surface area contributed by atoms with Gasteiger partial charge in [0.15, 0.2) is 0 Å². The minimum Gasteiger partial charge on any atom is -0.493 e. The zero-order valence-corrected chi connectivity index (χ0v) is 13.8. The summed E-state index contributed by atoms with van der Waals surface area (Å²) >= 11 is 6.21. The molecule has 0 aromatic heterocycles. The van der Waals surface area contributed by atoms with E-state index in [1.807, 2.05) is 18.2 Å². The Morgan fingerprint density at radius 2 is 2.05 bits per heavy atom. The van der Waals surface area contributed by atoms with E-state index in [4.69, 9.17) is 16.3 Å². The summed E-state index contributed by atoms with van der Waals surface area (Å²) < 4.78 is 5.91. The molecule has 1 aliphatic heterocycles. The van der Waals surface area contributed by atoms with Crippen LogP contribution in [-0.2, 0) is 0 Å². The first-order chi connectivity index (χ1) is 10.2. The average Bonchev–Trinajstić information content (AvgIpc) is 3.00. The van der Waals surface area contributed by atoms with E-state index >= 15 is 0 Å². The highest BCUT2D eigenvalue weighted by Crippen LogP contribution is 2.38. The van der Waals surface area contributed by atoms with Crippen molar-refractivity contribution in [2.24, 2.45) is 5.92 Å². The lowest BCUT2D eigenvalue weighted by atomic mass is 9.93. The highest BCUT2D eigenvalue weighted by Gasteiger charge is 2.30. The van der Waals surface area contributed by atoms with Gasteiger partial charge in [-0.3, -0.25) is 4.90 Å². The first kappa shape index (κ1) is 16.6. The molecule has 3 nitrogen and oxygen atoms in total. The average molecular weight is 312 g/mol. The zero-order chi connectivity index (χ0) is 15.2. The summed E-state index contributed by atoms with van der Waals surface area (Å²) in [7, 11) is 0. The molecule has 0 radical (unpaired) electrons. The topological polar surface area (TPSA) is 32.7 Å². The van der Waals surface area contributed by atoms with Gasteiger partial charge in [0.25, 0.3) is 0 Å². The quantitative estimate of drug-likeness (QED) is 0.829. The van der Waals surface area contributed by atoms with Crippen molar-refractivity contribution in [2.75, 3.05) is 26.3 Å². The van der Waals surface area contributed by atoms with Crippen molar-refractivity contribution >= 4 is 11.6 Å². The number of aliphatic hydroxyl groups excluding tert-OH is 1. The molecule has 0 saturated carbocycles. The van der Waals surface area contributed by atoms with Gasteiger partial charge in [-0.2, -0.15) is 0 Å². The molecule has 1 fully saturated rings. The Kier molecular flexibility index (Phi) is 6.34. The van der Waals surface area contributed by atoms with Gasteiger partial charge in [-0.1, -0.05) is 25.4 Å². The SMILES string of the molecule is CCCOc1ccc(Cl)cc1C(C(C)CO)N1CCCC1. The summed E-state index contributed by atoms with van der Waals surface area (Å²) in [5, 5.41) is 10.4. The number of halogens is 1. The van der Waals surface area contributed by atoms with Crippen LogP contribution in [0.3, 0.4) is 0 Å². The van der Waals surface area contributed by atoms with Gasteiger partial charge in [-0.25, -0.2) is 0 Å². The highest BCUT2D eigenvalue weighted by atomic mass is 35.5. The van der Waals surface area contributed by atoms with Crippen molar-refractivity contribution in [3.05, 3.63) is 28.8 Å². The van der Waals surface area contributed by atoms with E-state index < -0.39 is 0 Å². The first-order valence-corrected chi connectivity index (χ1v) is 8.32. The second-order valence-electron chi connectivity index (χ2n) is 5.88. The molecule has 118 valence electrons. The fraction of sp³-hybridized carbons (Fsp3) is 0.647. The summed E-state index contributed by atoms with van der Waals surface area (Å²) in [5.41, 5.74) is 1.11. The molecular weight excluding hydrogens is 286 g/mol. The van der Waals surface area contributed by atoms with Gasteiger partial charge in [0.05, 0.1) is 6.61 Å². The predicted molar refractivity (Wildman–Crippen MR) is 87.0 cm³/mol. The second kappa shape index (κ2) is 8.02. The van der Waals surface area contributed by atoms with Gasteiger partial charge >= 0.3 is 0 Å². The Morgan fingerprint density at radius 3 is 2.67 bits per heavy atom. The number of hydrogen-bond donors (Lipinski definition) is 1. The van der Waals surface area contributed by atoms with Crippen molar-refractivity contribution in [2.45, 2.75) is 39.2 Å². The van der Waals surface area contributed by atoms with Crippen molar-refractivity contribution in [3.8, 4) is 5.75 Å². The van der Waals surface area contributed by atoms with E-state index in [9.17, 15) is 5.11 Å². The van der Waals surface area contributed by atoms with Crippen molar-refractivity contribution < 1.29 is 9.84 Å². The van der Waals surface area contributed by atoms with Crippen molar-refractivity contribution in [1.29, 1.82) is 0 Å². The van der Waals surface area contributed by atoms with Crippen LogP contribution < -0.4 is 4.74 Å². The van der Waals surface area contributed by atoms with Crippen molar-refractivity contribution in [3.63, 3.8) is 0 Å². The molecule has 1 saturated heterocycles. The lowest BCUT2D eigenvalue weighted by Gasteiger charge is -2.33. The Balaban J connectivity index is 2.34. The van der Waals surface area contributed by atoms with Crippen LogP contribution in [0.25, 0.3) is 0 Å². The maximum absolute atomic E-state index is 9.66. The van der Waals surface area contributed by atoms with E-state index in [0.29, 0.717) is 6.61 Å². The number of ether oxygens (including phenoxy) is 1. The van der Waals surface area contributed by atoms with Crippen LogP contribution in [0.5, 0.6) is 5.75 Å². The maximum Gasteiger partial charge on any atom is 0.124 e. The van der Waals surface area contributed by atoms with Crippen LogP contribution in [0, 0.1) is 5.92 Å². The molecule has 4 heteroatoms. The fourth-order valence-electron chi connectivity index (χ4n) is 3.08. The molecule has 1 heterocycles. The lowest BCUT2D eigenvalue weighted by molar-refractivity contribution is 0.123. The van der Waals surface area contributed by atoms with Gasteiger partial charge in [-0.15, -0.1) is 0 Å². The summed E-state index contributed by atoms with van der Waals surface area (Å²) in [6.07, 6.45) is 3.42. The van der Waals surface area contributed by atoms with Crippen LogP contribution >= 0.6 is 11.6 Å². The van der Waals surface area contributed by atoms with Gasteiger partial charge in [-0.05, 0) is 56.5 Å². The molecule has 2 atom stereocenters. The molecule has 0 bridgehead atoms. The fourth-order valence-corrected chi connectivity index (χ4v) is 3.26. The monoisotopic (exact) mass is 311 g/mol. The largest absolute Gasteiger partial charge is 0.493 e. The van der Waals surface area contributed by atoms with E-state index in [-0.39, 0.29) is 18.6 Å². The summed E-state index contributed by atoms with van der Waals surface area (Å²) in [5.74, 6) is 1.06. The number of nitrogens with zero attached hydrogens (tertiary/aromatic N) is 1. The third-order valence-electron chi connectivity index (χ3n) is 4.11. The van der Waals surface area contributed by atoms with E-state index in [0.717, 1.165) is 35.8 Å². The maximum atomic E-state index is 9.66. The van der Waals surface area contributed by atoms with Crippen LogP contribution in [0.4, 0.5) is 0 Å². The van der Waals surface area contributed by atoms with Crippen LogP contribution in [0.15, 0.2) is 18.2 Å². The third kappa shape index (κ3) is 4.12. The van der Waals surface area contributed by atoms with Gasteiger partial charge in [0, 0.05) is 23.2 Å². The second-order valence-corrected chi connectivity index (χ2v) is 6.31. The highest BCUT2D eigenvalue weighted by molar-refractivity contribution is 6.30. The number of aliphatic hydroxyl groups is 1. The number of likely N-dealkylation sites (tertiary alicyclic amines) is 1. The molecule has 2 unspecified atom stereocenters. The minimum atomic E-state index is 0.158. The Hall–Kier alpha value is -0.770. The summed E-state index contributed by atoms with van der Waals surface area (Å²) in [4.78, 5) is 2.45. The molecule has 1 aliphatic rings. The Morgan fingerprint density at radius 1 is 1.33 bits per heavy atom. The van der Waals surface area contributed by atoms with Crippen LogP contribution in [-0.4, -0.2) is 36.3 Å². The number of hydrogen-bond acceptors (Lipinski definition) is 3. The van der Waals surface area contributed by atoms with E-state index in [1.165, 1.54) is 12.8 Å². The first-order valence-electron chi connectivity index (χ1n) is 7.94. The van der Waals surface area contributed by atoms with Gasteiger partial charge < -0.3 is 9.84 Å². The number of benzene rings is 1. The molecule has 1 aromatic carbocycles. The van der Waals surface area contributed by atoms with Gasteiger partial charge in [0.1, 0.15) is 5.75 Å². The molecule has 0 spiro atoms.